The Hall–Kier alpha value is -0.900. The van der Waals surface area contributed by atoms with Crippen LogP contribution >= 0.6 is 0 Å². The first kappa shape index (κ1) is 12.6. The fraction of sp³-hybridized carbons (Fsp3) is 0.571. The lowest BCUT2D eigenvalue weighted by Crippen LogP contribution is -2.24. The summed E-state index contributed by atoms with van der Waals surface area (Å²) in [5.41, 5.74) is 2.16. The lowest BCUT2D eigenvalue weighted by Gasteiger charge is -2.18. The topological polar surface area (TPSA) is 43.7 Å². The maximum Gasteiger partial charge on any atom is 0.0804 e. The molecule has 1 aromatic carbocycles. The highest BCUT2D eigenvalue weighted by atomic mass is 16.3. The minimum Gasteiger partial charge on any atom is -0.392 e. The summed E-state index contributed by atoms with van der Waals surface area (Å²) in [5, 5.41) is 19.6. The van der Waals surface area contributed by atoms with Gasteiger partial charge in [-0.2, -0.15) is 0 Å². The largest absolute Gasteiger partial charge is 0.392 e. The average Bonchev–Trinajstić information content (AvgIpc) is 2.73. The van der Waals surface area contributed by atoms with E-state index in [0.29, 0.717) is 0 Å². The Morgan fingerprint density at radius 3 is 2.82 bits per heavy atom. The molecule has 0 spiro atoms. The van der Waals surface area contributed by atoms with Gasteiger partial charge in [-0.05, 0) is 30.9 Å². The van der Waals surface area contributed by atoms with Crippen LogP contribution in [0, 0.1) is 6.92 Å². The first-order chi connectivity index (χ1) is 8.16. The Morgan fingerprint density at radius 1 is 1.41 bits per heavy atom. The highest BCUT2D eigenvalue weighted by Crippen LogP contribution is 2.21. The Morgan fingerprint density at radius 2 is 2.18 bits per heavy atom. The van der Waals surface area contributed by atoms with Crippen molar-refractivity contribution in [3.05, 3.63) is 35.4 Å². The fourth-order valence-electron chi connectivity index (χ4n) is 2.44. The number of rotatable bonds is 4. The van der Waals surface area contributed by atoms with Gasteiger partial charge in [0.15, 0.2) is 0 Å². The minimum absolute atomic E-state index is 0.175. The molecule has 1 saturated heterocycles. The molecule has 2 N–H and O–H groups in total. The van der Waals surface area contributed by atoms with Crippen molar-refractivity contribution < 1.29 is 10.2 Å². The number of hydrogen-bond acceptors (Lipinski definition) is 3. The molecule has 3 nitrogen and oxygen atoms in total. The third kappa shape index (κ3) is 3.28. The quantitative estimate of drug-likeness (QED) is 0.831. The van der Waals surface area contributed by atoms with Crippen LogP contribution in [0.25, 0.3) is 0 Å². The molecule has 1 aliphatic rings. The number of aliphatic hydroxyl groups excluding tert-OH is 2. The van der Waals surface area contributed by atoms with E-state index in [-0.39, 0.29) is 6.10 Å². The second-order valence-corrected chi connectivity index (χ2v) is 4.90. The summed E-state index contributed by atoms with van der Waals surface area (Å²) in [5.74, 6) is 0. The van der Waals surface area contributed by atoms with Gasteiger partial charge in [-0.25, -0.2) is 0 Å². The summed E-state index contributed by atoms with van der Waals surface area (Å²) in [7, 11) is 0. The Labute approximate surface area is 103 Å². The van der Waals surface area contributed by atoms with Crippen molar-refractivity contribution in [3.63, 3.8) is 0 Å². The SMILES string of the molecule is Cc1ccccc1C(O)CCN1CCC(O)C1. The molecule has 94 valence electrons. The van der Waals surface area contributed by atoms with E-state index in [0.717, 1.165) is 43.6 Å². The molecule has 2 atom stereocenters. The molecule has 0 bridgehead atoms. The fourth-order valence-corrected chi connectivity index (χ4v) is 2.44. The predicted octanol–water partition coefficient (Wildman–Crippen LogP) is 1.49. The van der Waals surface area contributed by atoms with Gasteiger partial charge in [0.05, 0.1) is 12.2 Å². The second kappa shape index (κ2) is 5.63. The van der Waals surface area contributed by atoms with Crippen molar-refractivity contribution in [2.45, 2.75) is 32.0 Å². The van der Waals surface area contributed by atoms with Crippen molar-refractivity contribution in [1.82, 2.24) is 4.90 Å². The van der Waals surface area contributed by atoms with E-state index < -0.39 is 6.10 Å². The number of aliphatic hydroxyl groups is 2. The highest BCUT2D eigenvalue weighted by Gasteiger charge is 2.20. The minimum atomic E-state index is -0.394. The molecule has 0 aliphatic carbocycles. The number of benzene rings is 1. The third-order valence-corrected chi connectivity index (χ3v) is 3.51. The molecular formula is C14H21NO2. The van der Waals surface area contributed by atoms with Crippen LogP contribution in [-0.4, -0.2) is 40.9 Å². The van der Waals surface area contributed by atoms with Gasteiger partial charge in [-0.1, -0.05) is 24.3 Å². The first-order valence-electron chi connectivity index (χ1n) is 6.31. The smallest absolute Gasteiger partial charge is 0.0804 e. The average molecular weight is 235 g/mol. The molecule has 0 amide bonds. The Bertz CT molecular complexity index is 367. The summed E-state index contributed by atoms with van der Waals surface area (Å²) < 4.78 is 0. The van der Waals surface area contributed by atoms with Crippen LogP contribution in [0.1, 0.15) is 30.1 Å². The van der Waals surface area contributed by atoms with Crippen LogP contribution in [0.3, 0.4) is 0 Å². The Balaban J connectivity index is 1.85. The van der Waals surface area contributed by atoms with Gasteiger partial charge in [0.2, 0.25) is 0 Å². The molecule has 0 radical (unpaired) electrons. The van der Waals surface area contributed by atoms with Crippen molar-refractivity contribution in [2.24, 2.45) is 0 Å². The van der Waals surface area contributed by atoms with E-state index in [1.165, 1.54) is 0 Å². The standard InChI is InChI=1S/C14H21NO2/c1-11-4-2-3-5-13(11)14(17)7-9-15-8-6-12(16)10-15/h2-5,12,14,16-17H,6-10H2,1H3. The molecule has 1 heterocycles. The molecule has 2 rings (SSSR count). The molecule has 2 unspecified atom stereocenters. The molecule has 1 fully saturated rings. The maximum absolute atomic E-state index is 10.1. The second-order valence-electron chi connectivity index (χ2n) is 4.90. The van der Waals surface area contributed by atoms with Crippen LogP contribution < -0.4 is 0 Å². The van der Waals surface area contributed by atoms with E-state index >= 15 is 0 Å². The van der Waals surface area contributed by atoms with Crippen molar-refractivity contribution in [1.29, 1.82) is 0 Å². The van der Waals surface area contributed by atoms with Gasteiger partial charge < -0.3 is 15.1 Å². The third-order valence-electron chi connectivity index (χ3n) is 3.51. The number of nitrogens with zero attached hydrogens (tertiary/aromatic N) is 1. The number of hydrogen-bond donors (Lipinski definition) is 2. The van der Waals surface area contributed by atoms with Gasteiger partial charge in [-0.3, -0.25) is 0 Å². The van der Waals surface area contributed by atoms with Crippen molar-refractivity contribution in [2.75, 3.05) is 19.6 Å². The first-order valence-corrected chi connectivity index (χ1v) is 6.31. The molecule has 17 heavy (non-hydrogen) atoms. The number of aryl methyl sites for hydroxylation is 1. The molecule has 0 aromatic heterocycles. The summed E-state index contributed by atoms with van der Waals surface area (Å²) in [6.45, 7) is 4.58. The lowest BCUT2D eigenvalue weighted by atomic mass is 10.0. The van der Waals surface area contributed by atoms with Crippen molar-refractivity contribution in [3.8, 4) is 0 Å². The number of likely N-dealkylation sites (tertiary alicyclic amines) is 1. The summed E-state index contributed by atoms with van der Waals surface area (Å²) in [4.78, 5) is 2.21. The van der Waals surface area contributed by atoms with E-state index in [1.54, 1.807) is 0 Å². The maximum atomic E-state index is 10.1. The summed E-state index contributed by atoms with van der Waals surface area (Å²) in [6.07, 6.45) is 1.03. The van der Waals surface area contributed by atoms with Gasteiger partial charge >= 0.3 is 0 Å². The van der Waals surface area contributed by atoms with Gasteiger partial charge in [0, 0.05) is 19.6 Å². The zero-order valence-corrected chi connectivity index (χ0v) is 10.3. The van der Waals surface area contributed by atoms with E-state index in [1.807, 2.05) is 31.2 Å². The number of β-amino-alcohol motifs (C(OH)–C–C–N with tert-alkyl or cyclic N) is 1. The molecule has 3 heteroatoms. The molecule has 0 saturated carbocycles. The van der Waals surface area contributed by atoms with Crippen molar-refractivity contribution >= 4 is 0 Å². The molecular weight excluding hydrogens is 214 g/mol. The zero-order valence-electron chi connectivity index (χ0n) is 10.3. The van der Waals surface area contributed by atoms with Gasteiger partial charge in [0.1, 0.15) is 0 Å². The van der Waals surface area contributed by atoms with Crippen LogP contribution in [0.15, 0.2) is 24.3 Å². The predicted molar refractivity (Wildman–Crippen MR) is 67.8 cm³/mol. The molecule has 1 aliphatic heterocycles. The molecule has 1 aromatic rings. The normalized spacial score (nSPS) is 22.9. The van der Waals surface area contributed by atoms with Gasteiger partial charge in [0.25, 0.3) is 0 Å². The van der Waals surface area contributed by atoms with Crippen LogP contribution in [-0.2, 0) is 0 Å². The lowest BCUT2D eigenvalue weighted by molar-refractivity contribution is 0.138. The zero-order chi connectivity index (χ0) is 12.3. The van der Waals surface area contributed by atoms with Crippen LogP contribution in [0.2, 0.25) is 0 Å². The Kier molecular flexibility index (Phi) is 4.15. The van der Waals surface area contributed by atoms with E-state index in [4.69, 9.17) is 0 Å². The van der Waals surface area contributed by atoms with Gasteiger partial charge in [-0.15, -0.1) is 0 Å². The summed E-state index contributed by atoms with van der Waals surface area (Å²) >= 11 is 0. The van der Waals surface area contributed by atoms with E-state index in [9.17, 15) is 10.2 Å². The summed E-state index contributed by atoms with van der Waals surface area (Å²) in [6, 6.07) is 7.96. The monoisotopic (exact) mass is 235 g/mol. The van der Waals surface area contributed by atoms with Crippen LogP contribution in [0.4, 0.5) is 0 Å². The van der Waals surface area contributed by atoms with E-state index in [2.05, 4.69) is 4.90 Å². The van der Waals surface area contributed by atoms with Crippen LogP contribution in [0.5, 0.6) is 0 Å². The highest BCUT2D eigenvalue weighted by molar-refractivity contribution is 5.27.